The Labute approximate surface area is 144 Å². The molecule has 132 valence electrons. The molecular weight excluding hydrogens is 326 g/mol. The van der Waals surface area contributed by atoms with Crippen LogP contribution in [0, 0.1) is 0 Å². The molecule has 2 aromatic rings. The molecule has 0 unspecified atom stereocenters. The third-order valence-corrected chi connectivity index (χ3v) is 3.41. The Morgan fingerprint density at radius 3 is 2.48 bits per heavy atom. The van der Waals surface area contributed by atoms with E-state index in [1.807, 2.05) is 0 Å². The van der Waals surface area contributed by atoms with E-state index >= 15 is 0 Å². The van der Waals surface area contributed by atoms with E-state index in [0.717, 1.165) is 5.56 Å². The molecule has 0 spiro atoms. The summed E-state index contributed by atoms with van der Waals surface area (Å²) in [6.45, 7) is 0.00551. The van der Waals surface area contributed by atoms with E-state index in [1.165, 1.54) is 15.8 Å². The maximum Gasteiger partial charge on any atom is 0.303 e. The lowest BCUT2D eigenvalue weighted by molar-refractivity contribution is -0.137. The number of hydrogen-bond acceptors (Lipinski definition) is 5. The quantitative estimate of drug-likeness (QED) is 0.760. The van der Waals surface area contributed by atoms with Gasteiger partial charge in [-0.3, -0.25) is 14.4 Å². The monoisotopic (exact) mass is 345 g/mol. The second-order valence-electron chi connectivity index (χ2n) is 5.63. The van der Waals surface area contributed by atoms with Crippen molar-refractivity contribution in [3.63, 3.8) is 0 Å². The normalized spacial score (nSPS) is 10.3. The first-order chi connectivity index (χ1) is 11.8. The summed E-state index contributed by atoms with van der Waals surface area (Å²) in [5.41, 5.74) is 1.53. The Morgan fingerprint density at radius 2 is 1.88 bits per heavy atom. The molecule has 1 aromatic heterocycles. The Morgan fingerprint density at radius 1 is 1.20 bits per heavy atom. The number of anilines is 1. The van der Waals surface area contributed by atoms with Crippen LogP contribution >= 0.6 is 0 Å². The fourth-order valence-electron chi connectivity index (χ4n) is 1.96. The van der Waals surface area contributed by atoms with Crippen LogP contribution in [0.4, 0.5) is 5.69 Å². The van der Waals surface area contributed by atoms with Gasteiger partial charge in [0, 0.05) is 26.2 Å². The number of carbonyl (C=O) groups excluding carboxylic acids is 2. The third kappa shape index (κ3) is 5.41. The van der Waals surface area contributed by atoms with Crippen molar-refractivity contribution in [2.24, 2.45) is 0 Å². The largest absolute Gasteiger partial charge is 0.481 e. The number of likely N-dealkylation sites (N-methyl/N-ethyl adjacent to an activating group) is 1. The van der Waals surface area contributed by atoms with Crippen LogP contribution < -0.4 is 5.32 Å². The Kier molecular flexibility index (Phi) is 5.83. The maximum absolute atomic E-state index is 12.1. The third-order valence-electron chi connectivity index (χ3n) is 3.41. The van der Waals surface area contributed by atoms with Crippen molar-refractivity contribution < 1.29 is 19.5 Å². The van der Waals surface area contributed by atoms with Gasteiger partial charge >= 0.3 is 5.97 Å². The number of aryl methyl sites for hydroxylation is 1. The van der Waals surface area contributed by atoms with Gasteiger partial charge in [0.1, 0.15) is 6.54 Å². The van der Waals surface area contributed by atoms with E-state index in [0.29, 0.717) is 12.1 Å². The van der Waals surface area contributed by atoms with Gasteiger partial charge in [0.05, 0.1) is 6.20 Å². The summed E-state index contributed by atoms with van der Waals surface area (Å²) in [4.78, 5) is 35.7. The van der Waals surface area contributed by atoms with Gasteiger partial charge in [0.2, 0.25) is 5.91 Å². The number of aromatic nitrogens is 3. The van der Waals surface area contributed by atoms with Gasteiger partial charge in [0.15, 0.2) is 5.69 Å². The van der Waals surface area contributed by atoms with E-state index < -0.39 is 11.9 Å². The van der Waals surface area contributed by atoms with Crippen molar-refractivity contribution in [2.45, 2.75) is 19.4 Å². The highest BCUT2D eigenvalue weighted by atomic mass is 16.4. The minimum absolute atomic E-state index is 0.00551. The molecule has 9 nitrogen and oxygen atoms in total. The molecule has 0 aliphatic rings. The number of hydrogen-bond donors (Lipinski definition) is 2. The molecule has 2 amide bonds. The van der Waals surface area contributed by atoms with Gasteiger partial charge in [-0.2, -0.15) is 0 Å². The van der Waals surface area contributed by atoms with Crippen molar-refractivity contribution in [3.05, 3.63) is 41.7 Å². The molecule has 0 atom stereocenters. The molecule has 2 N–H and O–H groups in total. The number of nitrogens with one attached hydrogen (secondary N) is 1. The van der Waals surface area contributed by atoms with E-state index in [1.54, 1.807) is 38.4 Å². The Hall–Kier alpha value is -3.23. The zero-order valence-corrected chi connectivity index (χ0v) is 14.0. The number of carboxylic acids is 1. The minimum atomic E-state index is -0.854. The standard InChI is InChI=1S/C16H19N5O4/c1-20(2)14(22)10-21-9-13(18-19-21)16(25)17-12-6-3-11(4-7-12)5-8-15(23)24/h3-4,6-7,9H,5,8,10H2,1-2H3,(H,17,25)(H,23,24). The summed E-state index contributed by atoms with van der Waals surface area (Å²) in [6, 6.07) is 6.89. The van der Waals surface area contributed by atoms with Crippen LogP contribution in [0.1, 0.15) is 22.5 Å². The maximum atomic E-state index is 12.1. The number of carboxylic acid groups (broad SMARTS) is 1. The summed E-state index contributed by atoms with van der Waals surface area (Å²) >= 11 is 0. The van der Waals surface area contributed by atoms with Crippen molar-refractivity contribution in [1.29, 1.82) is 0 Å². The molecule has 9 heteroatoms. The topological polar surface area (TPSA) is 117 Å². The number of benzene rings is 1. The van der Waals surface area contributed by atoms with Crippen molar-refractivity contribution in [1.82, 2.24) is 19.9 Å². The zero-order chi connectivity index (χ0) is 18.4. The van der Waals surface area contributed by atoms with Crippen LogP contribution in [0.5, 0.6) is 0 Å². The van der Waals surface area contributed by atoms with Crippen molar-refractivity contribution in [2.75, 3.05) is 19.4 Å². The highest BCUT2D eigenvalue weighted by molar-refractivity contribution is 6.02. The van der Waals surface area contributed by atoms with Gasteiger partial charge in [0.25, 0.3) is 5.91 Å². The van der Waals surface area contributed by atoms with Crippen LogP contribution in [0.25, 0.3) is 0 Å². The number of nitrogens with zero attached hydrogens (tertiary/aromatic N) is 4. The molecule has 0 fully saturated rings. The number of amides is 2. The Bertz CT molecular complexity index is 767. The summed E-state index contributed by atoms with van der Waals surface area (Å²) in [5, 5.41) is 18.9. The molecular formula is C16H19N5O4. The van der Waals surface area contributed by atoms with E-state index in [9.17, 15) is 14.4 Å². The fraction of sp³-hybridized carbons (Fsp3) is 0.312. The number of carbonyl (C=O) groups is 3. The number of rotatable bonds is 7. The molecule has 0 bridgehead atoms. The van der Waals surface area contributed by atoms with E-state index in [2.05, 4.69) is 15.6 Å². The van der Waals surface area contributed by atoms with Crippen LogP contribution in [0.3, 0.4) is 0 Å². The highest BCUT2D eigenvalue weighted by Crippen LogP contribution is 2.12. The molecule has 2 rings (SSSR count). The van der Waals surface area contributed by atoms with Gasteiger partial charge < -0.3 is 15.3 Å². The molecule has 0 aliphatic heterocycles. The fourth-order valence-corrected chi connectivity index (χ4v) is 1.96. The summed E-state index contributed by atoms with van der Waals surface area (Å²) in [5.74, 6) is -1.45. The predicted molar refractivity (Wildman–Crippen MR) is 89.1 cm³/mol. The summed E-state index contributed by atoms with van der Waals surface area (Å²) in [6.07, 6.45) is 1.89. The molecule has 0 saturated heterocycles. The van der Waals surface area contributed by atoms with E-state index in [-0.39, 0.29) is 24.6 Å². The first kappa shape index (κ1) is 18.1. The second kappa shape index (κ2) is 8.04. The van der Waals surface area contributed by atoms with Crippen LogP contribution in [-0.4, -0.2) is 56.9 Å². The lowest BCUT2D eigenvalue weighted by Crippen LogP contribution is -2.26. The molecule has 0 saturated carbocycles. The molecule has 0 aliphatic carbocycles. The molecule has 0 radical (unpaired) electrons. The predicted octanol–water partition coefficient (Wildman–Crippen LogP) is 0.636. The van der Waals surface area contributed by atoms with Crippen LogP contribution in [0.2, 0.25) is 0 Å². The summed E-state index contributed by atoms with van der Waals surface area (Å²) in [7, 11) is 3.26. The molecule has 25 heavy (non-hydrogen) atoms. The van der Waals surface area contributed by atoms with Crippen molar-refractivity contribution >= 4 is 23.5 Å². The van der Waals surface area contributed by atoms with Gasteiger partial charge in [-0.15, -0.1) is 5.10 Å². The van der Waals surface area contributed by atoms with E-state index in [4.69, 9.17) is 5.11 Å². The average molecular weight is 345 g/mol. The first-order valence-corrected chi connectivity index (χ1v) is 7.57. The lowest BCUT2D eigenvalue weighted by Gasteiger charge is -2.08. The van der Waals surface area contributed by atoms with Gasteiger partial charge in [-0.1, -0.05) is 17.3 Å². The van der Waals surface area contributed by atoms with Gasteiger partial charge in [-0.25, -0.2) is 4.68 Å². The second-order valence-corrected chi connectivity index (χ2v) is 5.63. The lowest BCUT2D eigenvalue weighted by atomic mass is 10.1. The van der Waals surface area contributed by atoms with Crippen LogP contribution in [-0.2, 0) is 22.6 Å². The Balaban J connectivity index is 1.94. The number of aliphatic carboxylic acids is 1. The smallest absolute Gasteiger partial charge is 0.303 e. The average Bonchev–Trinajstić information content (AvgIpc) is 3.02. The zero-order valence-electron chi connectivity index (χ0n) is 14.0. The summed E-state index contributed by atoms with van der Waals surface area (Å²) < 4.78 is 1.30. The highest BCUT2D eigenvalue weighted by Gasteiger charge is 2.13. The SMILES string of the molecule is CN(C)C(=O)Cn1cc(C(=O)Nc2ccc(CCC(=O)O)cc2)nn1. The van der Waals surface area contributed by atoms with Gasteiger partial charge in [-0.05, 0) is 24.1 Å². The van der Waals surface area contributed by atoms with Crippen LogP contribution in [0.15, 0.2) is 30.5 Å². The molecule has 1 heterocycles. The minimum Gasteiger partial charge on any atom is -0.481 e. The first-order valence-electron chi connectivity index (χ1n) is 7.57. The van der Waals surface area contributed by atoms with Crippen molar-refractivity contribution in [3.8, 4) is 0 Å². The molecule has 1 aromatic carbocycles.